The summed E-state index contributed by atoms with van der Waals surface area (Å²) >= 11 is 0. The number of carbonyl (C=O) groups excluding carboxylic acids is 1. The number of amides is 1. The molecule has 8 nitrogen and oxygen atoms in total. The third-order valence-electron chi connectivity index (χ3n) is 5.17. The maximum absolute atomic E-state index is 12.7. The highest BCUT2D eigenvalue weighted by Gasteiger charge is 2.27. The second-order valence-electron chi connectivity index (χ2n) is 7.27. The van der Waals surface area contributed by atoms with Gasteiger partial charge in [0.05, 0.1) is 5.69 Å². The van der Waals surface area contributed by atoms with Crippen molar-refractivity contribution in [2.45, 2.75) is 19.4 Å². The van der Waals surface area contributed by atoms with Crippen LogP contribution in [-0.2, 0) is 0 Å². The predicted octanol–water partition coefficient (Wildman–Crippen LogP) is 2.23. The fraction of sp³-hybridized carbons (Fsp3) is 0.238. The van der Waals surface area contributed by atoms with Gasteiger partial charge >= 0.3 is 0 Å². The molecule has 0 spiro atoms. The first-order chi connectivity index (χ1) is 14.2. The molecule has 1 atom stereocenters. The monoisotopic (exact) mass is 387 g/mol. The summed E-state index contributed by atoms with van der Waals surface area (Å²) in [6.45, 7) is 3.49. The van der Waals surface area contributed by atoms with Crippen molar-refractivity contribution in [3.63, 3.8) is 0 Å². The molecular formula is C21H21N7O. The molecule has 1 fully saturated rings. The van der Waals surface area contributed by atoms with Crippen LogP contribution < -0.4 is 10.2 Å². The molecule has 4 aromatic rings. The lowest BCUT2D eigenvalue weighted by molar-refractivity contribution is 0.0936. The minimum atomic E-state index is -0.158. The van der Waals surface area contributed by atoms with Crippen molar-refractivity contribution >= 4 is 17.4 Å². The number of benzene rings is 1. The zero-order valence-corrected chi connectivity index (χ0v) is 16.1. The first kappa shape index (κ1) is 17.4. The molecule has 4 heterocycles. The van der Waals surface area contributed by atoms with E-state index in [1.54, 1.807) is 18.7 Å². The molecule has 8 heteroatoms. The molecule has 0 bridgehead atoms. The third-order valence-corrected chi connectivity index (χ3v) is 5.17. The van der Waals surface area contributed by atoms with Crippen LogP contribution in [0.2, 0.25) is 0 Å². The Morgan fingerprint density at radius 1 is 1.17 bits per heavy atom. The Hall–Kier alpha value is -3.68. The van der Waals surface area contributed by atoms with Crippen LogP contribution in [0.5, 0.6) is 0 Å². The van der Waals surface area contributed by atoms with E-state index in [-0.39, 0.29) is 11.9 Å². The minimum absolute atomic E-state index is 0.0432. The second-order valence-corrected chi connectivity index (χ2v) is 7.27. The first-order valence-corrected chi connectivity index (χ1v) is 9.63. The Kier molecular flexibility index (Phi) is 4.23. The van der Waals surface area contributed by atoms with E-state index in [1.165, 1.54) is 0 Å². The summed E-state index contributed by atoms with van der Waals surface area (Å²) in [6, 6.07) is 9.87. The van der Waals surface area contributed by atoms with E-state index in [1.807, 2.05) is 58.6 Å². The lowest BCUT2D eigenvalue weighted by Gasteiger charge is -2.19. The number of aryl methyl sites for hydroxylation is 1. The normalized spacial score (nSPS) is 16.4. The number of carbonyl (C=O) groups is 1. The molecule has 0 aliphatic carbocycles. The van der Waals surface area contributed by atoms with Crippen LogP contribution in [0.1, 0.15) is 22.6 Å². The van der Waals surface area contributed by atoms with Crippen molar-refractivity contribution in [2.24, 2.45) is 0 Å². The molecule has 0 radical (unpaired) electrons. The van der Waals surface area contributed by atoms with Gasteiger partial charge in [0.1, 0.15) is 12.0 Å². The Morgan fingerprint density at radius 2 is 2.03 bits per heavy atom. The first-order valence-electron chi connectivity index (χ1n) is 9.63. The standard InChI is InChI=1S/C21H21N7O/c1-15-11-27-10-8-22-19(27)20(24-15)26-9-7-16(12-26)25-21(29)18-13-28(14-23-18)17-5-3-2-4-6-17/h2-6,8,10-11,13-14,16H,7,9,12H2,1H3,(H,25,29)/t16-/m0/s1. The summed E-state index contributed by atoms with van der Waals surface area (Å²) < 4.78 is 3.83. The van der Waals surface area contributed by atoms with Crippen LogP contribution in [0.3, 0.4) is 0 Å². The van der Waals surface area contributed by atoms with E-state index < -0.39 is 0 Å². The number of nitrogens with one attached hydrogen (secondary N) is 1. The molecule has 0 unspecified atom stereocenters. The molecule has 1 N–H and O–H groups in total. The third kappa shape index (κ3) is 3.33. The summed E-state index contributed by atoms with van der Waals surface area (Å²) in [4.78, 5) is 28.2. The SMILES string of the molecule is Cc1cn2ccnc2c(N2CC[C@H](NC(=O)c3cn(-c4ccccc4)cn3)C2)n1. The second kappa shape index (κ2) is 7.05. The molecule has 1 aliphatic heterocycles. The number of para-hydroxylation sites is 1. The van der Waals surface area contributed by atoms with E-state index in [0.717, 1.165) is 35.8 Å². The van der Waals surface area contributed by atoms with Crippen LogP contribution in [0.15, 0.2) is 61.4 Å². The van der Waals surface area contributed by atoms with Crippen molar-refractivity contribution in [3.8, 4) is 5.69 Å². The summed E-state index contributed by atoms with van der Waals surface area (Å²) in [5.41, 5.74) is 3.16. The minimum Gasteiger partial charge on any atom is -0.351 e. The molecule has 0 saturated carbocycles. The maximum Gasteiger partial charge on any atom is 0.271 e. The quantitative estimate of drug-likeness (QED) is 0.581. The van der Waals surface area contributed by atoms with E-state index in [0.29, 0.717) is 12.2 Å². The molecule has 1 aliphatic rings. The van der Waals surface area contributed by atoms with E-state index >= 15 is 0 Å². The van der Waals surface area contributed by atoms with Crippen LogP contribution in [0.25, 0.3) is 11.3 Å². The highest BCUT2D eigenvalue weighted by atomic mass is 16.2. The number of imidazole rings is 2. The van der Waals surface area contributed by atoms with Gasteiger partial charge in [-0.05, 0) is 25.5 Å². The van der Waals surface area contributed by atoms with E-state index in [4.69, 9.17) is 0 Å². The average molecular weight is 387 g/mol. The maximum atomic E-state index is 12.7. The summed E-state index contributed by atoms with van der Waals surface area (Å²) in [6.07, 6.45) is 9.94. The summed E-state index contributed by atoms with van der Waals surface area (Å²) in [5, 5.41) is 3.10. The Bertz CT molecular complexity index is 1160. The Labute approximate surface area is 167 Å². The molecule has 5 rings (SSSR count). The summed E-state index contributed by atoms with van der Waals surface area (Å²) in [7, 11) is 0. The molecule has 1 saturated heterocycles. The molecule has 1 amide bonds. The zero-order chi connectivity index (χ0) is 19.8. The van der Waals surface area contributed by atoms with Gasteiger partial charge in [-0.2, -0.15) is 0 Å². The fourth-order valence-corrected chi connectivity index (χ4v) is 3.76. The Morgan fingerprint density at radius 3 is 2.90 bits per heavy atom. The molecule has 3 aromatic heterocycles. The number of anilines is 1. The van der Waals surface area contributed by atoms with Gasteiger partial charge in [-0.25, -0.2) is 15.0 Å². The van der Waals surface area contributed by atoms with Gasteiger partial charge in [0.15, 0.2) is 11.5 Å². The average Bonchev–Trinajstić information content (AvgIpc) is 3.48. The molecule has 29 heavy (non-hydrogen) atoms. The van der Waals surface area contributed by atoms with Crippen LogP contribution >= 0.6 is 0 Å². The molecule has 1 aromatic carbocycles. The largest absolute Gasteiger partial charge is 0.351 e. The predicted molar refractivity (Wildman–Crippen MR) is 109 cm³/mol. The van der Waals surface area contributed by atoms with Crippen LogP contribution in [0, 0.1) is 6.92 Å². The van der Waals surface area contributed by atoms with Gasteiger partial charge in [-0.1, -0.05) is 18.2 Å². The van der Waals surface area contributed by atoms with Crippen molar-refractivity contribution in [2.75, 3.05) is 18.0 Å². The van der Waals surface area contributed by atoms with Gasteiger partial charge in [0.25, 0.3) is 5.91 Å². The number of aromatic nitrogens is 5. The van der Waals surface area contributed by atoms with E-state index in [2.05, 4.69) is 25.2 Å². The molecular weight excluding hydrogens is 366 g/mol. The lowest BCUT2D eigenvalue weighted by Crippen LogP contribution is -2.37. The van der Waals surface area contributed by atoms with Crippen molar-refractivity contribution < 1.29 is 4.79 Å². The van der Waals surface area contributed by atoms with Gasteiger partial charge < -0.3 is 19.2 Å². The van der Waals surface area contributed by atoms with Crippen molar-refractivity contribution in [1.29, 1.82) is 0 Å². The topological polar surface area (TPSA) is 80.4 Å². The number of hydrogen-bond donors (Lipinski definition) is 1. The van der Waals surface area contributed by atoms with Gasteiger partial charge in [0.2, 0.25) is 0 Å². The number of nitrogens with zero attached hydrogens (tertiary/aromatic N) is 6. The van der Waals surface area contributed by atoms with Crippen molar-refractivity contribution in [3.05, 3.63) is 72.8 Å². The Balaban J connectivity index is 1.28. The van der Waals surface area contributed by atoms with Gasteiger partial charge in [-0.15, -0.1) is 0 Å². The van der Waals surface area contributed by atoms with Gasteiger partial charge in [0, 0.05) is 49.6 Å². The zero-order valence-electron chi connectivity index (χ0n) is 16.1. The number of hydrogen-bond acceptors (Lipinski definition) is 5. The van der Waals surface area contributed by atoms with Crippen LogP contribution in [-0.4, -0.2) is 49.0 Å². The smallest absolute Gasteiger partial charge is 0.271 e. The van der Waals surface area contributed by atoms with Crippen LogP contribution in [0.4, 0.5) is 5.82 Å². The highest BCUT2D eigenvalue weighted by molar-refractivity contribution is 5.92. The van der Waals surface area contributed by atoms with Gasteiger partial charge in [-0.3, -0.25) is 4.79 Å². The van der Waals surface area contributed by atoms with E-state index in [9.17, 15) is 4.79 Å². The highest BCUT2D eigenvalue weighted by Crippen LogP contribution is 2.23. The fourth-order valence-electron chi connectivity index (χ4n) is 3.76. The molecule has 146 valence electrons. The summed E-state index contributed by atoms with van der Waals surface area (Å²) in [5.74, 6) is 0.704. The number of fused-ring (bicyclic) bond motifs is 1. The van der Waals surface area contributed by atoms with Crippen molar-refractivity contribution in [1.82, 2.24) is 29.2 Å². The number of rotatable bonds is 4. The lowest BCUT2D eigenvalue weighted by atomic mass is 10.2.